The van der Waals surface area contributed by atoms with Crippen LogP contribution in [0.4, 0.5) is 17.1 Å². The summed E-state index contributed by atoms with van der Waals surface area (Å²) in [5.41, 5.74) is 17.3. The van der Waals surface area contributed by atoms with E-state index in [0.717, 1.165) is 67.5 Å². The Labute approximate surface area is 323 Å². The third-order valence-electron chi connectivity index (χ3n) is 11.3. The first kappa shape index (κ1) is 32.7. The van der Waals surface area contributed by atoms with Crippen LogP contribution in [0.1, 0.15) is 47.2 Å². The number of fused-ring (bicyclic) bond motifs is 5. The Kier molecular flexibility index (Phi) is 7.85. The van der Waals surface area contributed by atoms with Gasteiger partial charge < -0.3 is 9.64 Å². The second kappa shape index (κ2) is 13.2. The Morgan fingerprint density at radius 2 is 0.982 bits per heavy atom. The Morgan fingerprint density at radius 1 is 0.436 bits per heavy atom. The van der Waals surface area contributed by atoms with E-state index in [2.05, 4.69) is 219 Å². The van der Waals surface area contributed by atoms with Crippen LogP contribution in [0.25, 0.3) is 33.4 Å². The highest BCUT2D eigenvalue weighted by Crippen LogP contribution is 2.56. The number of benzene rings is 8. The predicted octanol–water partition coefficient (Wildman–Crippen LogP) is 14.2. The number of para-hydroxylation sites is 3. The maximum absolute atomic E-state index is 7.14. The van der Waals surface area contributed by atoms with Crippen molar-refractivity contribution >= 4 is 28.2 Å². The molecule has 8 aromatic carbocycles. The molecule has 262 valence electrons. The van der Waals surface area contributed by atoms with Crippen molar-refractivity contribution in [3.05, 3.63) is 234 Å². The highest BCUT2D eigenvalue weighted by Gasteiger charge is 2.37. The number of hydrogen-bond acceptors (Lipinski definition) is 2. The molecule has 0 fully saturated rings. The van der Waals surface area contributed by atoms with Gasteiger partial charge in [-0.3, -0.25) is 0 Å². The molecule has 10 rings (SSSR count). The molecule has 0 aromatic heterocycles. The fourth-order valence-corrected chi connectivity index (χ4v) is 8.73. The minimum absolute atomic E-state index is 0.158. The van der Waals surface area contributed by atoms with Gasteiger partial charge in [-0.25, -0.2) is 0 Å². The van der Waals surface area contributed by atoms with E-state index < -0.39 is 0 Å². The zero-order valence-electron chi connectivity index (χ0n) is 30.9. The average Bonchev–Trinajstić information content (AvgIpc) is 3.47. The van der Waals surface area contributed by atoms with E-state index in [4.69, 9.17) is 4.74 Å². The lowest BCUT2D eigenvalue weighted by Gasteiger charge is -2.34. The maximum atomic E-state index is 7.14. The molecule has 0 N–H and O–H groups in total. The number of ether oxygens (including phenoxy) is 1. The Bertz CT molecular complexity index is 2700. The van der Waals surface area contributed by atoms with Gasteiger partial charge in [-0.05, 0) is 74.8 Å². The van der Waals surface area contributed by atoms with E-state index in [0.29, 0.717) is 0 Å². The van der Waals surface area contributed by atoms with Crippen molar-refractivity contribution < 1.29 is 4.74 Å². The summed E-state index contributed by atoms with van der Waals surface area (Å²) in [6, 6.07) is 71.9. The van der Waals surface area contributed by atoms with Crippen LogP contribution in [-0.2, 0) is 5.41 Å². The van der Waals surface area contributed by atoms with Gasteiger partial charge in [0.15, 0.2) is 5.75 Å². The zero-order chi connectivity index (χ0) is 36.9. The van der Waals surface area contributed by atoms with Gasteiger partial charge in [-0.2, -0.15) is 0 Å². The van der Waals surface area contributed by atoms with Crippen LogP contribution in [0.5, 0.6) is 11.5 Å². The maximum Gasteiger partial charge on any atom is 0.159 e. The van der Waals surface area contributed by atoms with Gasteiger partial charge in [-0.15, -0.1) is 0 Å². The van der Waals surface area contributed by atoms with Gasteiger partial charge >= 0.3 is 0 Å². The minimum Gasteiger partial charge on any atom is -0.454 e. The molecule has 8 aromatic rings. The monoisotopic (exact) mass is 705 g/mol. The van der Waals surface area contributed by atoms with Gasteiger partial charge in [0.1, 0.15) is 5.75 Å². The van der Waals surface area contributed by atoms with Crippen molar-refractivity contribution in [1.29, 1.82) is 0 Å². The average molecular weight is 706 g/mol. The number of anilines is 3. The fourth-order valence-electron chi connectivity index (χ4n) is 8.73. The normalized spacial score (nSPS) is 13.2. The van der Waals surface area contributed by atoms with Crippen molar-refractivity contribution in [3.63, 3.8) is 0 Å². The second-order valence-corrected chi connectivity index (χ2v) is 14.9. The van der Waals surface area contributed by atoms with Crippen molar-refractivity contribution in [3.8, 4) is 33.8 Å². The lowest BCUT2D eigenvalue weighted by molar-refractivity contribution is 0.475. The van der Waals surface area contributed by atoms with Crippen LogP contribution in [0.2, 0.25) is 0 Å². The largest absolute Gasteiger partial charge is 0.454 e. The second-order valence-electron chi connectivity index (χ2n) is 14.9. The molecule has 1 heterocycles. The van der Waals surface area contributed by atoms with E-state index in [1.807, 2.05) is 0 Å². The van der Waals surface area contributed by atoms with Crippen molar-refractivity contribution in [2.45, 2.75) is 19.3 Å². The fraction of sp³-hybridized carbons (Fsp3) is 0.0566. The van der Waals surface area contributed by atoms with Gasteiger partial charge in [0.25, 0.3) is 0 Å². The van der Waals surface area contributed by atoms with Crippen LogP contribution >= 0.6 is 0 Å². The van der Waals surface area contributed by atoms with E-state index in [-0.39, 0.29) is 5.41 Å². The summed E-state index contributed by atoms with van der Waals surface area (Å²) >= 11 is 0. The Balaban J connectivity index is 1.27. The third-order valence-corrected chi connectivity index (χ3v) is 11.3. The Hall–Kier alpha value is -6.90. The number of rotatable bonds is 6. The zero-order valence-corrected chi connectivity index (χ0v) is 30.9. The predicted molar refractivity (Wildman–Crippen MR) is 229 cm³/mol. The van der Waals surface area contributed by atoms with Crippen molar-refractivity contribution in [2.24, 2.45) is 0 Å². The Morgan fingerprint density at radius 3 is 1.71 bits per heavy atom. The first-order valence-electron chi connectivity index (χ1n) is 19.0. The first-order valence-corrected chi connectivity index (χ1v) is 19.0. The van der Waals surface area contributed by atoms with Crippen LogP contribution in [0, 0.1) is 0 Å². The molecule has 0 spiro atoms. The first-order chi connectivity index (χ1) is 27.1. The summed E-state index contributed by atoms with van der Waals surface area (Å²) in [4.78, 5) is 2.41. The van der Waals surface area contributed by atoms with Gasteiger partial charge in [0.2, 0.25) is 0 Å². The standard InChI is InChI=1S/C53H39NO/c1-53(2)45-29-15-12-26-41(45)42-34-33-39(35-46(42)53)54(47-30-16-13-25-40(47)36-19-6-3-7-20-36)48-31-18-28-44-51(43-27-14-17-32-49(43)55-52(44)48)50(37-21-8-4-9-22-37)38-23-10-5-11-24-38/h3-35H,1-2H3. The highest BCUT2D eigenvalue weighted by atomic mass is 16.5. The van der Waals surface area contributed by atoms with Gasteiger partial charge in [0, 0.05) is 33.4 Å². The van der Waals surface area contributed by atoms with E-state index in [1.54, 1.807) is 0 Å². The molecule has 0 radical (unpaired) electrons. The molecule has 1 aliphatic heterocycles. The van der Waals surface area contributed by atoms with Crippen LogP contribution < -0.4 is 9.64 Å². The molecule has 0 bridgehead atoms. The number of hydrogen-bond donors (Lipinski definition) is 0. The van der Waals surface area contributed by atoms with Crippen LogP contribution in [0.3, 0.4) is 0 Å². The molecule has 0 saturated heterocycles. The summed E-state index contributed by atoms with van der Waals surface area (Å²) in [7, 11) is 0. The summed E-state index contributed by atoms with van der Waals surface area (Å²) in [5, 5.41) is 0. The van der Waals surface area contributed by atoms with Gasteiger partial charge in [0.05, 0.1) is 11.4 Å². The van der Waals surface area contributed by atoms with Gasteiger partial charge in [-0.1, -0.05) is 184 Å². The molecular weight excluding hydrogens is 667 g/mol. The number of nitrogens with zero attached hydrogens (tertiary/aromatic N) is 1. The molecule has 1 aliphatic carbocycles. The molecular formula is C53H39NO. The van der Waals surface area contributed by atoms with Crippen molar-refractivity contribution in [1.82, 2.24) is 0 Å². The smallest absolute Gasteiger partial charge is 0.159 e. The molecule has 2 heteroatoms. The summed E-state index contributed by atoms with van der Waals surface area (Å²) < 4.78 is 7.14. The summed E-state index contributed by atoms with van der Waals surface area (Å²) in [5.74, 6) is 1.66. The SMILES string of the molecule is CC1(C)c2ccccc2-c2ccc(N(c3ccccc3-c3ccccc3)c3cccc4c3Oc3ccccc3C4=C(c3ccccc3)c3ccccc3)cc21. The topological polar surface area (TPSA) is 12.5 Å². The van der Waals surface area contributed by atoms with E-state index in [9.17, 15) is 0 Å². The summed E-state index contributed by atoms with van der Waals surface area (Å²) in [6.45, 7) is 4.69. The molecule has 2 nitrogen and oxygen atoms in total. The lowest BCUT2D eigenvalue weighted by Crippen LogP contribution is -2.18. The molecule has 0 amide bonds. The van der Waals surface area contributed by atoms with Crippen LogP contribution in [-0.4, -0.2) is 0 Å². The quantitative estimate of drug-likeness (QED) is 0.171. The molecule has 55 heavy (non-hydrogen) atoms. The lowest BCUT2D eigenvalue weighted by atomic mass is 9.82. The highest BCUT2D eigenvalue weighted by molar-refractivity contribution is 6.09. The van der Waals surface area contributed by atoms with E-state index >= 15 is 0 Å². The van der Waals surface area contributed by atoms with Crippen molar-refractivity contribution in [2.75, 3.05) is 4.90 Å². The minimum atomic E-state index is -0.158. The van der Waals surface area contributed by atoms with E-state index in [1.165, 1.54) is 27.8 Å². The van der Waals surface area contributed by atoms with Crippen LogP contribution in [0.15, 0.2) is 200 Å². The molecule has 0 saturated carbocycles. The summed E-state index contributed by atoms with van der Waals surface area (Å²) in [6.07, 6.45) is 0. The molecule has 2 aliphatic rings. The third kappa shape index (κ3) is 5.41. The molecule has 0 unspecified atom stereocenters. The molecule has 0 atom stereocenters.